The lowest BCUT2D eigenvalue weighted by Gasteiger charge is -2.11. The van der Waals surface area contributed by atoms with Crippen LogP contribution >= 0.6 is 15.9 Å². The number of hydrogen-bond donors (Lipinski definition) is 1. The number of hydrogen-bond acceptors (Lipinski definition) is 3. The third-order valence-corrected chi connectivity index (χ3v) is 2.23. The molecule has 0 radical (unpaired) electrons. The number of carbonyl (C=O) groups is 1. The molecule has 1 N–H and O–H groups in total. The van der Waals surface area contributed by atoms with Gasteiger partial charge in [0.15, 0.2) is 0 Å². The van der Waals surface area contributed by atoms with E-state index >= 15 is 0 Å². The van der Waals surface area contributed by atoms with Gasteiger partial charge in [0.2, 0.25) is 0 Å². The Hall–Kier alpha value is -1.24. The molecule has 88 valence electrons. The van der Waals surface area contributed by atoms with E-state index in [-0.39, 0.29) is 16.0 Å². The van der Waals surface area contributed by atoms with Crippen LogP contribution in [0, 0.1) is 0 Å². The highest BCUT2D eigenvalue weighted by Crippen LogP contribution is 2.33. The van der Waals surface area contributed by atoms with Crippen molar-refractivity contribution in [1.29, 1.82) is 0 Å². The Kier molecular flexibility index (Phi) is 4.17. The molecule has 0 aliphatic carbocycles. The number of methoxy groups -OCH3 is 1. The van der Waals surface area contributed by atoms with Gasteiger partial charge in [-0.25, -0.2) is 13.8 Å². The van der Waals surface area contributed by atoms with E-state index in [9.17, 15) is 13.6 Å². The number of aromatic nitrogens is 1. The summed E-state index contributed by atoms with van der Waals surface area (Å²) in [4.78, 5) is 14.2. The fourth-order valence-electron chi connectivity index (χ4n) is 1.23. The minimum Gasteiger partial charge on any atom is -0.496 e. The predicted molar refractivity (Wildman–Crippen MR) is 54.8 cm³/mol. The molecule has 0 aliphatic rings. The van der Waals surface area contributed by atoms with Crippen LogP contribution in [-0.4, -0.2) is 23.2 Å². The Bertz CT molecular complexity index is 412. The van der Waals surface area contributed by atoms with Crippen LogP contribution in [-0.2, 0) is 11.2 Å². The molecule has 0 atom stereocenters. The van der Waals surface area contributed by atoms with Crippen LogP contribution in [0.1, 0.15) is 17.7 Å². The van der Waals surface area contributed by atoms with Crippen molar-refractivity contribution < 1.29 is 23.4 Å². The van der Waals surface area contributed by atoms with E-state index in [0.29, 0.717) is 0 Å². The molecule has 1 heterocycles. The second-order valence-corrected chi connectivity index (χ2v) is 3.69. The first-order valence-electron chi connectivity index (χ1n) is 4.19. The van der Waals surface area contributed by atoms with Crippen LogP contribution in [0.3, 0.4) is 0 Å². The molecule has 0 bridgehead atoms. The molecule has 0 aliphatic heterocycles. The Labute approximate surface area is 98.4 Å². The molecule has 0 spiro atoms. The number of ether oxygens (including phenoxy) is 1. The average molecular weight is 296 g/mol. The third kappa shape index (κ3) is 2.88. The van der Waals surface area contributed by atoms with Crippen molar-refractivity contribution in [2.24, 2.45) is 0 Å². The fraction of sp³-hybridized carbons (Fsp3) is 0.333. The number of carboxylic acid groups (broad SMARTS) is 1. The zero-order chi connectivity index (χ0) is 12.3. The summed E-state index contributed by atoms with van der Waals surface area (Å²) in [6.45, 7) is 0. The summed E-state index contributed by atoms with van der Waals surface area (Å²) in [5.41, 5.74) is -0.679. The Balaban J connectivity index is 3.32. The number of nitrogens with zero attached hydrogens (tertiary/aromatic N) is 1. The molecule has 0 amide bonds. The van der Waals surface area contributed by atoms with E-state index < -0.39 is 24.4 Å². The Morgan fingerprint density at radius 1 is 1.69 bits per heavy atom. The molecule has 0 saturated carbocycles. The van der Waals surface area contributed by atoms with Crippen molar-refractivity contribution in [3.05, 3.63) is 21.9 Å². The molecule has 1 aromatic rings. The highest BCUT2D eigenvalue weighted by atomic mass is 79.9. The molecule has 0 unspecified atom stereocenters. The normalized spacial score (nSPS) is 10.6. The van der Waals surface area contributed by atoms with Crippen LogP contribution in [0.15, 0.2) is 10.7 Å². The summed E-state index contributed by atoms with van der Waals surface area (Å²) in [6.07, 6.45) is -3.40. The summed E-state index contributed by atoms with van der Waals surface area (Å²) in [6, 6.07) is 1.27. The minimum atomic E-state index is -2.83. The van der Waals surface area contributed by atoms with Gasteiger partial charge in [-0.3, -0.25) is 4.79 Å². The molecule has 0 aromatic carbocycles. The zero-order valence-corrected chi connectivity index (χ0v) is 9.79. The van der Waals surface area contributed by atoms with Gasteiger partial charge >= 0.3 is 5.97 Å². The van der Waals surface area contributed by atoms with Gasteiger partial charge in [-0.1, -0.05) is 0 Å². The van der Waals surface area contributed by atoms with Gasteiger partial charge in [0.1, 0.15) is 10.4 Å². The standard InChI is InChI=1S/C9H8BrF2NO3/c1-16-5-3-6(10)13-4(2-7(14)15)8(5)9(11)12/h3,9H,2H2,1H3,(H,14,15). The summed E-state index contributed by atoms with van der Waals surface area (Å²) in [5, 5.41) is 8.59. The van der Waals surface area contributed by atoms with Crippen molar-refractivity contribution in [2.75, 3.05) is 7.11 Å². The summed E-state index contributed by atoms with van der Waals surface area (Å²) in [7, 11) is 1.23. The van der Waals surface area contributed by atoms with Gasteiger partial charge in [0.25, 0.3) is 6.43 Å². The second kappa shape index (κ2) is 5.20. The van der Waals surface area contributed by atoms with E-state index in [1.54, 1.807) is 0 Å². The molecular weight excluding hydrogens is 288 g/mol. The van der Waals surface area contributed by atoms with Crippen molar-refractivity contribution in [3.8, 4) is 5.75 Å². The summed E-state index contributed by atoms with van der Waals surface area (Å²) >= 11 is 3.00. The molecule has 0 fully saturated rings. The van der Waals surface area contributed by atoms with Gasteiger partial charge in [0, 0.05) is 6.07 Å². The van der Waals surface area contributed by atoms with Gasteiger partial charge < -0.3 is 9.84 Å². The fourth-order valence-corrected chi connectivity index (χ4v) is 1.65. The van der Waals surface area contributed by atoms with Crippen molar-refractivity contribution in [1.82, 2.24) is 4.98 Å². The van der Waals surface area contributed by atoms with Crippen LogP contribution in [0.4, 0.5) is 8.78 Å². The highest BCUT2D eigenvalue weighted by molar-refractivity contribution is 9.10. The largest absolute Gasteiger partial charge is 0.496 e. The second-order valence-electron chi connectivity index (χ2n) is 2.88. The van der Waals surface area contributed by atoms with Crippen LogP contribution < -0.4 is 4.74 Å². The number of alkyl halides is 2. The Morgan fingerprint density at radius 3 is 2.75 bits per heavy atom. The number of rotatable bonds is 4. The smallest absolute Gasteiger partial charge is 0.309 e. The molecular formula is C9H8BrF2NO3. The lowest BCUT2D eigenvalue weighted by atomic mass is 10.1. The molecule has 1 rings (SSSR count). The minimum absolute atomic E-state index is 0.0758. The van der Waals surface area contributed by atoms with Crippen molar-refractivity contribution in [2.45, 2.75) is 12.8 Å². The number of halogens is 3. The monoisotopic (exact) mass is 295 g/mol. The molecule has 16 heavy (non-hydrogen) atoms. The van der Waals surface area contributed by atoms with Crippen molar-refractivity contribution in [3.63, 3.8) is 0 Å². The zero-order valence-electron chi connectivity index (χ0n) is 8.21. The van der Waals surface area contributed by atoms with E-state index in [1.807, 2.05) is 0 Å². The lowest BCUT2D eigenvalue weighted by Crippen LogP contribution is -2.08. The maximum Gasteiger partial charge on any atom is 0.309 e. The topological polar surface area (TPSA) is 59.4 Å². The van der Waals surface area contributed by atoms with Gasteiger partial charge in [0.05, 0.1) is 24.8 Å². The number of aliphatic carboxylic acids is 1. The average Bonchev–Trinajstić information content (AvgIpc) is 2.14. The number of carboxylic acids is 1. The van der Waals surface area contributed by atoms with E-state index in [1.165, 1.54) is 13.2 Å². The first-order chi connectivity index (χ1) is 7.45. The highest BCUT2D eigenvalue weighted by Gasteiger charge is 2.22. The van der Waals surface area contributed by atoms with Gasteiger partial charge in [-0.15, -0.1) is 0 Å². The SMILES string of the molecule is COc1cc(Br)nc(CC(=O)O)c1C(F)F. The molecule has 7 heteroatoms. The summed E-state index contributed by atoms with van der Waals surface area (Å²) < 4.78 is 30.5. The maximum atomic E-state index is 12.7. The molecule has 4 nitrogen and oxygen atoms in total. The quantitative estimate of drug-likeness (QED) is 0.867. The maximum absolute atomic E-state index is 12.7. The first kappa shape index (κ1) is 12.8. The molecule has 0 saturated heterocycles. The first-order valence-corrected chi connectivity index (χ1v) is 4.98. The van der Waals surface area contributed by atoms with Crippen molar-refractivity contribution >= 4 is 21.9 Å². The predicted octanol–water partition coefficient (Wildman–Crippen LogP) is 2.42. The van der Waals surface area contributed by atoms with Crippen LogP contribution in [0.5, 0.6) is 5.75 Å². The van der Waals surface area contributed by atoms with Gasteiger partial charge in [-0.05, 0) is 15.9 Å². The third-order valence-electron chi connectivity index (χ3n) is 1.83. The van der Waals surface area contributed by atoms with E-state index in [2.05, 4.69) is 20.9 Å². The van der Waals surface area contributed by atoms with Crippen LogP contribution in [0.2, 0.25) is 0 Å². The van der Waals surface area contributed by atoms with Gasteiger partial charge in [-0.2, -0.15) is 0 Å². The lowest BCUT2D eigenvalue weighted by molar-refractivity contribution is -0.136. The number of pyridine rings is 1. The molecule has 1 aromatic heterocycles. The van der Waals surface area contributed by atoms with E-state index in [4.69, 9.17) is 9.84 Å². The Morgan fingerprint density at radius 2 is 2.31 bits per heavy atom. The summed E-state index contributed by atoms with van der Waals surface area (Å²) in [5.74, 6) is -1.30. The van der Waals surface area contributed by atoms with E-state index in [0.717, 1.165) is 0 Å². The van der Waals surface area contributed by atoms with Crippen LogP contribution in [0.25, 0.3) is 0 Å².